The van der Waals surface area contributed by atoms with Gasteiger partial charge in [0.25, 0.3) is 0 Å². The summed E-state index contributed by atoms with van der Waals surface area (Å²) in [5, 5.41) is 43.5. The van der Waals surface area contributed by atoms with Crippen LogP contribution in [0.15, 0.2) is 24.3 Å². The van der Waals surface area contributed by atoms with Crippen LogP contribution in [-0.4, -0.2) is 57.3 Å². The number of rotatable bonds is 38. The topological polar surface area (TPSA) is 110 Å². The number of carbonyl (C=O) groups excluding carboxylic acids is 1. The van der Waals surface area contributed by atoms with Crippen LogP contribution in [0.2, 0.25) is 0 Å². The number of unbranched alkanes of at least 4 members (excludes halogenated alkanes) is 26. The minimum absolute atomic E-state index is 0.160. The maximum absolute atomic E-state index is 12.4. The highest BCUT2D eigenvalue weighted by Gasteiger charge is 2.28. The van der Waals surface area contributed by atoms with Gasteiger partial charge < -0.3 is 25.7 Å². The molecule has 5 N–H and O–H groups in total. The number of carbonyl (C=O) groups is 1. The largest absolute Gasteiger partial charge is 0.394 e. The zero-order chi connectivity index (χ0) is 36.0. The van der Waals surface area contributed by atoms with Crippen LogP contribution in [0.5, 0.6) is 0 Å². The van der Waals surface area contributed by atoms with E-state index in [4.69, 9.17) is 0 Å². The van der Waals surface area contributed by atoms with Gasteiger partial charge in [-0.3, -0.25) is 4.79 Å². The summed E-state index contributed by atoms with van der Waals surface area (Å²) in [7, 11) is 0. The monoisotopic (exact) mass is 694 g/mol. The van der Waals surface area contributed by atoms with Crippen molar-refractivity contribution in [2.75, 3.05) is 6.61 Å². The first kappa shape index (κ1) is 47.8. The van der Waals surface area contributed by atoms with Crippen LogP contribution in [0.1, 0.15) is 213 Å². The third-order valence-electron chi connectivity index (χ3n) is 9.93. The number of allylic oxidation sites excluding steroid dienone is 3. The average Bonchev–Trinajstić information content (AvgIpc) is 3.11. The van der Waals surface area contributed by atoms with Crippen molar-refractivity contribution in [2.45, 2.75) is 237 Å². The van der Waals surface area contributed by atoms with Crippen molar-refractivity contribution in [3.05, 3.63) is 24.3 Å². The lowest BCUT2D eigenvalue weighted by molar-refractivity contribution is -0.132. The molecule has 4 unspecified atom stereocenters. The Morgan fingerprint density at radius 2 is 0.918 bits per heavy atom. The molecule has 0 saturated heterocycles. The van der Waals surface area contributed by atoms with Crippen LogP contribution in [0.25, 0.3) is 0 Å². The van der Waals surface area contributed by atoms with Crippen molar-refractivity contribution in [1.29, 1.82) is 0 Å². The molecular weight excluding hydrogens is 610 g/mol. The van der Waals surface area contributed by atoms with Gasteiger partial charge in [0.2, 0.25) is 5.91 Å². The van der Waals surface area contributed by atoms with Gasteiger partial charge in [-0.05, 0) is 25.7 Å². The molecule has 6 nitrogen and oxygen atoms in total. The second kappa shape index (κ2) is 38.0. The lowest BCUT2D eigenvalue weighted by Crippen LogP contribution is -2.53. The molecule has 0 aliphatic rings. The molecule has 0 spiro atoms. The maximum Gasteiger partial charge on any atom is 0.249 e. The van der Waals surface area contributed by atoms with Crippen LogP contribution in [0, 0.1) is 0 Å². The Balaban J connectivity index is 3.76. The summed E-state index contributed by atoms with van der Waals surface area (Å²) in [6.07, 6.45) is 42.3. The van der Waals surface area contributed by atoms with E-state index in [-0.39, 0.29) is 6.42 Å². The van der Waals surface area contributed by atoms with E-state index in [1.807, 2.05) is 6.08 Å². The van der Waals surface area contributed by atoms with Crippen LogP contribution in [0.4, 0.5) is 0 Å². The van der Waals surface area contributed by atoms with Gasteiger partial charge in [-0.15, -0.1) is 0 Å². The summed E-state index contributed by atoms with van der Waals surface area (Å²) in [4.78, 5) is 12.4. The molecule has 0 bridgehead atoms. The van der Waals surface area contributed by atoms with Gasteiger partial charge in [0.05, 0.1) is 18.8 Å². The predicted octanol–water partition coefficient (Wildman–Crippen LogP) is 10.8. The molecule has 0 aromatic carbocycles. The average molecular weight is 694 g/mol. The fourth-order valence-corrected chi connectivity index (χ4v) is 6.51. The third-order valence-corrected chi connectivity index (χ3v) is 9.93. The molecular formula is C43H83NO5. The smallest absolute Gasteiger partial charge is 0.249 e. The zero-order valence-electron chi connectivity index (χ0n) is 32.4. The molecule has 0 aromatic heterocycles. The molecule has 0 saturated carbocycles. The minimum Gasteiger partial charge on any atom is -0.394 e. The molecule has 4 atom stereocenters. The molecule has 0 aliphatic carbocycles. The summed E-state index contributed by atoms with van der Waals surface area (Å²) in [5.74, 6) is -0.650. The molecule has 0 rings (SSSR count). The van der Waals surface area contributed by atoms with Crippen molar-refractivity contribution in [3.63, 3.8) is 0 Å². The van der Waals surface area contributed by atoms with Gasteiger partial charge in [-0.25, -0.2) is 0 Å². The standard InChI is InChI=1S/C43H83NO5/c1-3-5-7-9-11-13-15-17-18-19-20-21-22-23-24-25-27-28-30-32-34-36-40(46)42(48)39(38-45)44-43(49)41(47)37-35-33-31-29-26-16-14-12-10-8-6-4-2/h26,29,33,35,39-42,45-48H,3-25,27-28,30-32,34,36-38H2,1-2H3,(H,44,49)/b29-26-,35-33-. The van der Waals surface area contributed by atoms with Crippen LogP contribution < -0.4 is 5.32 Å². The van der Waals surface area contributed by atoms with E-state index in [1.54, 1.807) is 6.08 Å². The van der Waals surface area contributed by atoms with Gasteiger partial charge in [0, 0.05) is 6.42 Å². The summed E-state index contributed by atoms with van der Waals surface area (Å²) >= 11 is 0. The van der Waals surface area contributed by atoms with E-state index in [0.717, 1.165) is 32.1 Å². The van der Waals surface area contributed by atoms with Crippen LogP contribution in [-0.2, 0) is 4.79 Å². The maximum atomic E-state index is 12.4. The fraction of sp³-hybridized carbons (Fsp3) is 0.884. The molecule has 6 heteroatoms. The van der Waals surface area contributed by atoms with Crippen molar-refractivity contribution in [1.82, 2.24) is 5.32 Å². The second-order valence-corrected chi connectivity index (χ2v) is 14.7. The number of aliphatic hydroxyl groups excluding tert-OH is 4. The number of amides is 1. The minimum atomic E-state index is -1.28. The third kappa shape index (κ3) is 32.4. The predicted molar refractivity (Wildman–Crippen MR) is 210 cm³/mol. The molecule has 0 aliphatic heterocycles. The normalized spacial score (nSPS) is 14.5. The number of hydrogen-bond acceptors (Lipinski definition) is 5. The Morgan fingerprint density at radius 1 is 0.531 bits per heavy atom. The SMILES string of the molecule is CCCCCCCC/C=C\C/C=C\CC(O)C(=O)NC(CO)C(O)C(O)CCCCCCCCCCCCCCCCCCCCCCC. The van der Waals surface area contributed by atoms with Gasteiger partial charge in [0.1, 0.15) is 12.2 Å². The highest BCUT2D eigenvalue weighted by Crippen LogP contribution is 2.16. The van der Waals surface area contributed by atoms with E-state index < -0.39 is 36.9 Å². The highest BCUT2D eigenvalue weighted by molar-refractivity contribution is 5.81. The zero-order valence-corrected chi connectivity index (χ0v) is 32.4. The first-order valence-electron chi connectivity index (χ1n) is 21.2. The van der Waals surface area contributed by atoms with Crippen molar-refractivity contribution in [3.8, 4) is 0 Å². The summed E-state index contributed by atoms with van der Waals surface area (Å²) < 4.78 is 0. The Kier molecular flexibility index (Phi) is 37.1. The van der Waals surface area contributed by atoms with Gasteiger partial charge in [-0.2, -0.15) is 0 Å². The summed E-state index contributed by atoms with van der Waals surface area (Å²) in [5.41, 5.74) is 0. The van der Waals surface area contributed by atoms with E-state index >= 15 is 0 Å². The van der Waals surface area contributed by atoms with E-state index in [0.29, 0.717) is 6.42 Å². The van der Waals surface area contributed by atoms with Crippen molar-refractivity contribution >= 4 is 5.91 Å². The molecule has 0 fully saturated rings. The first-order chi connectivity index (χ1) is 24.0. The lowest BCUT2D eigenvalue weighted by Gasteiger charge is -2.27. The van der Waals surface area contributed by atoms with E-state index in [9.17, 15) is 25.2 Å². The molecule has 1 amide bonds. The second-order valence-electron chi connectivity index (χ2n) is 14.7. The van der Waals surface area contributed by atoms with Crippen molar-refractivity contribution in [2.24, 2.45) is 0 Å². The van der Waals surface area contributed by atoms with Gasteiger partial charge >= 0.3 is 0 Å². The molecule has 0 radical (unpaired) electrons. The highest BCUT2D eigenvalue weighted by atomic mass is 16.3. The fourth-order valence-electron chi connectivity index (χ4n) is 6.51. The Hall–Kier alpha value is -1.21. The first-order valence-corrected chi connectivity index (χ1v) is 21.2. The van der Waals surface area contributed by atoms with Crippen LogP contribution >= 0.6 is 0 Å². The summed E-state index contributed by atoms with van der Waals surface area (Å²) in [6.45, 7) is 4.01. The van der Waals surface area contributed by atoms with Crippen LogP contribution in [0.3, 0.4) is 0 Å². The number of nitrogens with one attached hydrogen (secondary N) is 1. The molecule has 290 valence electrons. The van der Waals surface area contributed by atoms with Crippen molar-refractivity contribution < 1.29 is 25.2 Å². The number of aliphatic hydroxyl groups is 4. The Bertz CT molecular complexity index is 742. The summed E-state index contributed by atoms with van der Waals surface area (Å²) in [6, 6.07) is -1.01. The molecule has 49 heavy (non-hydrogen) atoms. The lowest BCUT2D eigenvalue weighted by atomic mass is 9.99. The van der Waals surface area contributed by atoms with Gasteiger partial charge in [0.15, 0.2) is 0 Å². The van der Waals surface area contributed by atoms with Gasteiger partial charge in [-0.1, -0.05) is 205 Å². The Labute approximate surface area is 304 Å². The van der Waals surface area contributed by atoms with E-state index in [1.165, 1.54) is 154 Å². The van der Waals surface area contributed by atoms with E-state index in [2.05, 4.69) is 31.3 Å². The number of hydrogen-bond donors (Lipinski definition) is 5. The molecule has 0 heterocycles. The molecule has 0 aromatic rings. The Morgan fingerprint density at radius 3 is 1.35 bits per heavy atom. The quantitative estimate of drug-likeness (QED) is 0.0327.